The number of anilines is 1. The number of piperazine rings is 1. The van der Waals surface area contributed by atoms with Gasteiger partial charge < -0.3 is 14.4 Å². The van der Waals surface area contributed by atoms with Crippen LogP contribution >= 0.6 is 22.9 Å². The Hall–Kier alpha value is -2.91. The first-order chi connectivity index (χ1) is 13.9. The Kier molecular flexibility index (Phi) is 5.01. The van der Waals surface area contributed by atoms with Crippen LogP contribution in [0.15, 0.2) is 40.5 Å². The fourth-order valence-electron chi connectivity index (χ4n) is 3.66. The Labute approximate surface area is 174 Å². The molecule has 1 amide bonds. The van der Waals surface area contributed by atoms with E-state index in [-0.39, 0.29) is 11.6 Å². The second kappa shape index (κ2) is 7.49. The molecule has 0 radical (unpaired) electrons. The number of benzene rings is 1. The largest absolute Gasteiger partial charge is 0.362 e. The zero-order valence-corrected chi connectivity index (χ0v) is 17.1. The molecule has 150 valence electrons. The number of carbonyl (C=O) groups is 1. The van der Waals surface area contributed by atoms with Crippen LogP contribution in [-0.2, 0) is 7.05 Å². The maximum atomic E-state index is 12.7. The van der Waals surface area contributed by atoms with Crippen molar-refractivity contribution in [2.75, 3.05) is 31.1 Å². The third kappa shape index (κ3) is 3.36. The summed E-state index contributed by atoms with van der Waals surface area (Å²) in [6, 6.07) is 8.58. The van der Waals surface area contributed by atoms with Crippen molar-refractivity contribution < 1.29 is 9.72 Å². The molecule has 0 N–H and O–H groups in total. The molecule has 10 heteroatoms. The molecule has 8 nitrogen and oxygen atoms in total. The highest BCUT2D eigenvalue weighted by atomic mass is 35.5. The molecule has 0 unspecified atom stereocenters. The van der Waals surface area contributed by atoms with Crippen LogP contribution in [0, 0.1) is 10.1 Å². The third-order valence-corrected chi connectivity index (χ3v) is 6.20. The smallest absolute Gasteiger partial charge is 0.357 e. The van der Waals surface area contributed by atoms with Crippen molar-refractivity contribution in [2.24, 2.45) is 7.05 Å². The van der Waals surface area contributed by atoms with Gasteiger partial charge in [-0.1, -0.05) is 17.7 Å². The molecule has 4 rings (SSSR count). The lowest BCUT2D eigenvalue weighted by molar-refractivity contribution is -0.385. The van der Waals surface area contributed by atoms with E-state index < -0.39 is 16.2 Å². The average Bonchev–Trinajstić information content (AvgIpc) is 3.24. The fraction of sp³-hybridized carbons (Fsp3) is 0.263. The molecule has 0 bridgehead atoms. The molecule has 3 aromatic rings. The molecule has 0 aliphatic carbocycles. The van der Waals surface area contributed by atoms with Crippen molar-refractivity contribution in [1.29, 1.82) is 0 Å². The summed E-state index contributed by atoms with van der Waals surface area (Å²) in [5.74, 6) is -0.0500. The van der Waals surface area contributed by atoms with E-state index in [1.807, 2.05) is 11.4 Å². The number of carbonyl (C=O) groups excluding carboxylic acids is 1. The van der Waals surface area contributed by atoms with E-state index in [0.717, 1.165) is 0 Å². The van der Waals surface area contributed by atoms with Crippen molar-refractivity contribution in [1.82, 2.24) is 9.47 Å². The summed E-state index contributed by atoms with van der Waals surface area (Å²) in [6.45, 7) is 1.58. The standard InChI is InChI=1S/C19H17ClN4O4S/c1-21-14-5-4-12(20)11-13(14)16(17(19(21)26)24(27)28)22-6-8-23(9-7-22)18(25)15-3-2-10-29-15/h2-5,10-11H,6-9H2,1H3. The first kappa shape index (κ1) is 19.4. The second-order valence-corrected chi connectivity index (χ2v) is 8.12. The van der Waals surface area contributed by atoms with Gasteiger partial charge in [0.2, 0.25) is 0 Å². The lowest BCUT2D eigenvalue weighted by Gasteiger charge is -2.36. The number of aryl methyl sites for hydroxylation is 1. The van der Waals surface area contributed by atoms with Gasteiger partial charge in [0.25, 0.3) is 5.91 Å². The van der Waals surface area contributed by atoms with Crippen molar-refractivity contribution in [3.8, 4) is 0 Å². The molecule has 0 atom stereocenters. The highest BCUT2D eigenvalue weighted by Crippen LogP contribution is 2.35. The predicted molar refractivity (Wildman–Crippen MR) is 113 cm³/mol. The van der Waals surface area contributed by atoms with Gasteiger partial charge in [-0.15, -0.1) is 11.3 Å². The molecule has 1 fully saturated rings. The lowest BCUT2D eigenvalue weighted by Crippen LogP contribution is -2.49. The zero-order chi connectivity index (χ0) is 20.7. The maximum Gasteiger partial charge on any atom is 0.357 e. The SMILES string of the molecule is Cn1c(=O)c([N+](=O)[O-])c(N2CCN(C(=O)c3cccs3)CC2)c2cc(Cl)ccc21. The van der Waals surface area contributed by atoms with Gasteiger partial charge in [-0.3, -0.25) is 19.7 Å². The van der Waals surface area contributed by atoms with E-state index in [9.17, 15) is 19.7 Å². The Balaban J connectivity index is 1.74. The minimum absolute atomic E-state index is 0.0500. The van der Waals surface area contributed by atoms with Gasteiger partial charge in [-0.2, -0.15) is 0 Å². The number of hydrogen-bond acceptors (Lipinski definition) is 6. The topological polar surface area (TPSA) is 88.7 Å². The molecule has 1 aromatic carbocycles. The highest BCUT2D eigenvalue weighted by molar-refractivity contribution is 7.12. The van der Waals surface area contributed by atoms with Crippen molar-refractivity contribution in [3.05, 3.63) is 66.1 Å². The molecule has 1 aliphatic heterocycles. The quantitative estimate of drug-likeness (QED) is 0.468. The van der Waals surface area contributed by atoms with Gasteiger partial charge in [-0.25, -0.2) is 0 Å². The first-order valence-corrected chi connectivity index (χ1v) is 10.2. The van der Waals surface area contributed by atoms with Crippen LogP contribution in [0.3, 0.4) is 0 Å². The number of hydrogen-bond donors (Lipinski definition) is 0. The van der Waals surface area contributed by atoms with E-state index >= 15 is 0 Å². The number of amides is 1. The number of halogens is 1. The normalized spacial score (nSPS) is 14.4. The van der Waals surface area contributed by atoms with E-state index in [1.54, 1.807) is 34.1 Å². The van der Waals surface area contributed by atoms with Crippen LogP contribution in [0.5, 0.6) is 0 Å². The van der Waals surface area contributed by atoms with Gasteiger partial charge in [0.15, 0.2) is 0 Å². The number of nitro groups is 1. The van der Waals surface area contributed by atoms with Gasteiger partial charge >= 0.3 is 11.2 Å². The number of fused-ring (bicyclic) bond motifs is 1. The van der Waals surface area contributed by atoms with Crippen molar-refractivity contribution in [2.45, 2.75) is 0 Å². The van der Waals surface area contributed by atoms with Crippen LogP contribution in [-0.4, -0.2) is 46.5 Å². The average molecular weight is 433 g/mol. The summed E-state index contributed by atoms with van der Waals surface area (Å²) in [5, 5.41) is 14.6. The maximum absolute atomic E-state index is 12.7. The number of thiophene rings is 1. The second-order valence-electron chi connectivity index (χ2n) is 6.74. The molecule has 2 aromatic heterocycles. The van der Waals surface area contributed by atoms with Crippen LogP contribution in [0.25, 0.3) is 10.9 Å². The monoisotopic (exact) mass is 432 g/mol. The molecular formula is C19H17ClN4O4S. The fourth-order valence-corrected chi connectivity index (χ4v) is 4.52. The predicted octanol–water partition coefficient (Wildman–Crippen LogP) is 3.12. The summed E-state index contributed by atoms with van der Waals surface area (Å²) in [7, 11) is 1.51. The Bertz CT molecular complexity index is 1170. The molecular weight excluding hydrogens is 416 g/mol. The zero-order valence-electron chi connectivity index (χ0n) is 15.5. The summed E-state index contributed by atoms with van der Waals surface area (Å²) in [5.41, 5.74) is -0.312. The van der Waals surface area contributed by atoms with Crippen molar-refractivity contribution in [3.63, 3.8) is 0 Å². The summed E-state index contributed by atoms with van der Waals surface area (Å²) in [6.07, 6.45) is 0. The molecule has 0 saturated carbocycles. The highest BCUT2D eigenvalue weighted by Gasteiger charge is 2.32. The van der Waals surface area contributed by atoms with Gasteiger partial charge in [-0.05, 0) is 29.6 Å². The van der Waals surface area contributed by atoms with Crippen LogP contribution in [0.1, 0.15) is 9.67 Å². The molecule has 3 heterocycles. The number of aromatic nitrogens is 1. The Morgan fingerprint density at radius 3 is 2.55 bits per heavy atom. The van der Waals surface area contributed by atoms with E-state index in [4.69, 9.17) is 11.6 Å². The van der Waals surface area contributed by atoms with E-state index in [1.165, 1.54) is 23.0 Å². The van der Waals surface area contributed by atoms with E-state index in [2.05, 4.69) is 0 Å². The number of pyridine rings is 1. The molecule has 1 aliphatic rings. The Morgan fingerprint density at radius 2 is 1.93 bits per heavy atom. The molecule has 29 heavy (non-hydrogen) atoms. The first-order valence-electron chi connectivity index (χ1n) is 8.93. The summed E-state index contributed by atoms with van der Waals surface area (Å²) >= 11 is 7.53. The van der Waals surface area contributed by atoms with E-state index in [0.29, 0.717) is 47.0 Å². The third-order valence-electron chi connectivity index (χ3n) is 5.10. The van der Waals surface area contributed by atoms with Gasteiger partial charge in [0, 0.05) is 43.6 Å². The summed E-state index contributed by atoms with van der Waals surface area (Å²) < 4.78 is 1.27. The Morgan fingerprint density at radius 1 is 1.21 bits per heavy atom. The molecule has 0 spiro atoms. The lowest BCUT2D eigenvalue weighted by atomic mass is 10.1. The van der Waals surface area contributed by atoms with Crippen LogP contribution in [0.2, 0.25) is 5.02 Å². The van der Waals surface area contributed by atoms with Crippen LogP contribution < -0.4 is 10.5 Å². The minimum Gasteiger partial charge on any atom is -0.362 e. The summed E-state index contributed by atoms with van der Waals surface area (Å²) in [4.78, 5) is 40.6. The van der Waals surface area contributed by atoms with Gasteiger partial charge in [0.05, 0.1) is 15.3 Å². The number of rotatable bonds is 3. The number of nitrogens with zero attached hydrogens (tertiary/aromatic N) is 4. The molecule has 1 saturated heterocycles. The van der Waals surface area contributed by atoms with Crippen molar-refractivity contribution >= 4 is 51.1 Å². The van der Waals surface area contributed by atoms with Gasteiger partial charge in [0.1, 0.15) is 5.69 Å². The van der Waals surface area contributed by atoms with Crippen LogP contribution in [0.4, 0.5) is 11.4 Å². The minimum atomic E-state index is -0.670.